The SMILES string of the molecule is CC(=O)c1c(Br)ccc(Cl)c1O. The average molecular weight is 249 g/mol. The molecule has 0 aliphatic carbocycles. The van der Waals surface area contributed by atoms with Crippen LogP contribution in [0.4, 0.5) is 0 Å². The van der Waals surface area contributed by atoms with E-state index in [2.05, 4.69) is 15.9 Å². The van der Waals surface area contributed by atoms with Crippen molar-refractivity contribution in [2.75, 3.05) is 0 Å². The first-order chi connectivity index (χ1) is 5.54. The highest BCUT2D eigenvalue weighted by molar-refractivity contribution is 9.10. The van der Waals surface area contributed by atoms with Crippen LogP contribution in [-0.4, -0.2) is 10.9 Å². The van der Waals surface area contributed by atoms with Crippen LogP contribution in [0.2, 0.25) is 5.02 Å². The minimum absolute atomic E-state index is 0.168. The van der Waals surface area contributed by atoms with Crippen molar-refractivity contribution < 1.29 is 9.90 Å². The third-order valence-electron chi connectivity index (χ3n) is 1.43. The number of ketones is 1. The van der Waals surface area contributed by atoms with Crippen LogP contribution in [0.1, 0.15) is 17.3 Å². The van der Waals surface area contributed by atoms with E-state index in [1.807, 2.05) is 0 Å². The third kappa shape index (κ3) is 1.62. The lowest BCUT2D eigenvalue weighted by Crippen LogP contribution is -1.94. The van der Waals surface area contributed by atoms with Gasteiger partial charge in [-0.15, -0.1) is 0 Å². The monoisotopic (exact) mass is 248 g/mol. The molecule has 0 aromatic heterocycles. The smallest absolute Gasteiger partial charge is 0.164 e. The number of carbonyl (C=O) groups excluding carboxylic acids is 1. The van der Waals surface area contributed by atoms with Gasteiger partial charge in [0.2, 0.25) is 0 Å². The summed E-state index contributed by atoms with van der Waals surface area (Å²) in [6.07, 6.45) is 0. The van der Waals surface area contributed by atoms with E-state index in [-0.39, 0.29) is 22.1 Å². The Kier molecular flexibility index (Phi) is 2.75. The maximum Gasteiger partial charge on any atom is 0.164 e. The summed E-state index contributed by atoms with van der Waals surface area (Å²) >= 11 is 8.75. The number of phenols is 1. The molecule has 0 atom stereocenters. The quantitative estimate of drug-likeness (QED) is 0.777. The number of aromatic hydroxyl groups is 1. The van der Waals surface area contributed by atoms with Crippen LogP contribution in [0, 0.1) is 0 Å². The van der Waals surface area contributed by atoms with Crippen LogP contribution < -0.4 is 0 Å². The van der Waals surface area contributed by atoms with Crippen LogP contribution >= 0.6 is 27.5 Å². The topological polar surface area (TPSA) is 37.3 Å². The molecule has 0 aliphatic rings. The molecule has 0 bridgehead atoms. The van der Waals surface area contributed by atoms with Crippen LogP contribution in [0.5, 0.6) is 5.75 Å². The average Bonchev–Trinajstić information content (AvgIpc) is 1.97. The number of hydrogen-bond donors (Lipinski definition) is 1. The van der Waals surface area contributed by atoms with Gasteiger partial charge in [0.15, 0.2) is 5.78 Å². The zero-order valence-electron chi connectivity index (χ0n) is 6.27. The molecular formula is C8H6BrClO2. The zero-order chi connectivity index (χ0) is 9.30. The van der Waals surface area contributed by atoms with Gasteiger partial charge in [0.05, 0.1) is 10.6 Å². The fraction of sp³-hybridized carbons (Fsp3) is 0.125. The molecular weight excluding hydrogens is 243 g/mol. The molecule has 12 heavy (non-hydrogen) atoms. The Morgan fingerprint density at radius 2 is 2.17 bits per heavy atom. The molecule has 1 aromatic rings. The number of rotatable bonds is 1. The van der Waals surface area contributed by atoms with Crippen molar-refractivity contribution in [3.63, 3.8) is 0 Å². The Bertz CT molecular complexity index is 336. The van der Waals surface area contributed by atoms with Crippen molar-refractivity contribution in [2.45, 2.75) is 6.92 Å². The fourth-order valence-electron chi connectivity index (χ4n) is 0.876. The summed E-state index contributed by atoms with van der Waals surface area (Å²) in [4.78, 5) is 11.0. The molecule has 1 aromatic carbocycles. The molecule has 0 saturated carbocycles. The van der Waals surface area contributed by atoms with Crippen LogP contribution in [-0.2, 0) is 0 Å². The molecule has 0 radical (unpaired) electrons. The normalized spacial score (nSPS) is 9.92. The molecule has 2 nitrogen and oxygen atoms in total. The Morgan fingerprint density at radius 1 is 1.58 bits per heavy atom. The van der Waals surface area contributed by atoms with E-state index >= 15 is 0 Å². The predicted octanol–water partition coefficient (Wildman–Crippen LogP) is 3.01. The summed E-state index contributed by atoms with van der Waals surface area (Å²) in [5.41, 5.74) is 0.225. The second-order valence-electron chi connectivity index (χ2n) is 2.31. The van der Waals surface area contributed by atoms with E-state index in [4.69, 9.17) is 11.6 Å². The highest BCUT2D eigenvalue weighted by atomic mass is 79.9. The Hall–Kier alpha value is -0.540. The highest BCUT2D eigenvalue weighted by Crippen LogP contribution is 2.32. The van der Waals surface area contributed by atoms with Gasteiger partial charge >= 0.3 is 0 Å². The van der Waals surface area contributed by atoms with Gasteiger partial charge in [-0.05, 0) is 35.0 Å². The lowest BCUT2D eigenvalue weighted by Gasteiger charge is -2.04. The van der Waals surface area contributed by atoms with Crippen molar-refractivity contribution in [2.24, 2.45) is 0 Å². The molecule has 0 spiro atoms. The molecule has 4 heteroatoms. The first-order valence-corrected chi connectivity index (χ1v) is 4.39. The van der Waals surface area contributed by atoms with E-state index in [0.29, 0.717) is 4.47 Å². The number of Topliss-reactive ketones (excluding diaryl/α,β-unsaturated/α-hetero) is 1. The number of halogens is 2. The lowest BCUT2D eigenvalue weighted by atomic mass is 10.1. The molecule has 0 unspecified atom stereocenters. The molecule has 0 fully saturated rings. The van der Waals surface area contributed by atoms with Gasteiger partial charge in [-0.1, -0.05) is 11.6 Å². The van der Waals surface area contributed by atoms with Crippen LogP contribution in [0.15, 0.2) is 16.6 Å². The second-order valence-corrected chi connectivity index (χ2v) is 3.57. The van der Waals surface area contributed by atoms with Crippen molar-refractivity contribution >= 4 is 33.3 Å². The minimum Gasteiger partial charge on any atom is -0.506 e. The Morgan fingerprint density at radius 3 is 2.58 bits per heavy atom. The van der Waals surface area contributed by atoms with Crippen molar-refractivity contribution in [3.8, 4) is 5.75 Å². The van der Waals surface area contributed by atoms with Gasteiger partial charge in [-0.2, -0.15) is 0 Å². The first-order valence-electron chi connectivity index (χ1n) is 3.22. The molecule has 1 rings (SSSR count). The van der Waals surface area contributed by atoms with E-state index in [0.717, 1.165) is 0 Å². The maximum absolute atomic E-state index is 11.0. The lowest BCUT2D eigenvalue weighted by molar-refractivity contribution is 0.101. The van der Waals surface area contributed by atoms with Crippen LogP contribution in [0.25, 0.3) is 0 Å². The van der Waals surface area contributed by atoms with E-state index in [1.165, 1.54) is 13.0 Å². The first kappa shape index (κ1) is 9.55. The van der Waals surface area contributed by atoms with Gasteiger partial charge in [0.1, 0.15) is 5.75 Å². The van der Waals surface area contributed by atoms with Crippen LogP contribution in [0.3, 0.4) is 0 Å². The molecule has 64 valence electrons. The summed E-state index contributed by atoms with van der Waals surface area (Å²) in [5, 5.41) is 9.55. The largest absolute Gasteiger partial charge is 0.506 e. The number of hydrogen-bond acceptors (Lipinski definition) is 2. The summed E-state index contributed by atoms with van der Waals surface area (Å²) < 4.78 is 0.553. The number of phenolic OH excluding ortho intramolecular Hbond substituents is 1. The molecule has 1 N–H and O–H groups in total. The van der Waals surface area contributed by atoms with E-state index < -0.39 is 0 Å². The third-order valence-corrected chi connectivity index (χ3v) is 2.40. The number of benzene rings is 1. The number of carbonyl (C=O) groups is 1. The predicted molar refractivity (Wildman–Crippen MR) is 50.8 cm³/mol. The standard InChI is InChI=1S/C8H6BrClO2/c1-4(11)7-5(9)2-3-6(10)8(7)12/h2-3,12H,1H3. The Labute approximate surface area is 83.3 Å². The van der Waals surface area contributed by atoms with Gasteiger partial charge in [0.25, 0.3) is 0 Å². The minimum atomic E-state index is -0.220. The highest BCUT2D eigenvalue weighted by Gasteiger charge is 2.13. The molecule has 0 saturated heterocycles. The molecule has 0 heterocycles. The summed E-state index contributed by atoms with van der Waals surface area (Å²) in [6.45, 7) is 1.37. The van der Waals surface area contributed by atoms with Gasteiger partial charge < -0.3 is 5.11 Å². The van der Waals surface area contributed by atoms with E-state index in [9.17, 15) is 9.90 Å². The van der Waals surface area contributed by atoms with E-state index in [1.54, 1.807) is 6.07 Å². The molecule has 0 amide bonds. The Balaban J connectivity index is 3.43. The summed E-state index contributed by atoms with van der Waals surface area (Å²) in [7, 11) is 0. The summed E-state index contributed by atoms with van der Waals surface area (Å²) in [5.74, 6) is -0.389. The van der Waals surface area contributed by atoms with Gasteiger partial charge in [-0.3, -0.25) is 4.79 Å². The maximum atomic E-state index is 11.0. The zero-order valence-corrected chi connectivity index (χ0v) is 8.61. The van der Waals surface area contributed by atoms with Crippen molar-refractivity contribution in [1.29, 1.82) is 0 Å². The second kappa shape index (κ2) is 3.46. The van der Waals surface area contributed by atoms with Gasteiger partial charge in [-0.25, -0.2) is 0 Å². The van der Waals surface area contributed by atoms with Gasteiger partial charge in [0, 0.05) is 4.47 Å². The fourth-order valence-corrected chi connectivity index (χ4v) is 1.63. The van der Waals surface area contributed by atoms with Crippen molar-refractivity contribution in [3.05, 3.63) is 27.2 Å². The summed E-state index contributed by atoms with van der Waals surface area (Å²) in [6, 6.07) is 3.15. The molecule has 0 aliphatic heterocycles. The van der Waals surface area contributed by atoms with Crippen molar-refractivity contribution in [1.82, 2.24) is 0 Å².